The lowest BCUT2D eigenvalue weighted by molar-refractivity contribution is 0.0695. The van der Waals surface area contributed by atoms with Gasteiger partial charge in [-0.15, -0.1) is 0 Å². The largest absolute Gasteiger partial charge is 0.478 e. The maximum Gasteiger partial charge on any atom is 0.338 e. The summed E-state index contributed by atoms with van der Waals surface area (Å²) in [5.74, 6) is -1.05. The Hall–Kier alpha value is -1.82. The highest BCUT2D eigenvalue weighted by molar-refractivity contribution is 5.95. The predicted molar refractivity (Wildman–Crippen MR) is 68.3 cm³/mol. The molecule has 1 amide bonds. The van der Waals surface area contributed by atoms with E-state index < -0.39 is 11.9 Å². The first kappa shape index (κ1) is 15.2. The third kappa shape index (κ3) is 5.56. The van der Waals surface area contributed by atoms with Crippen LogP contribution < -0.4 is 5.32 Å². The van der Waals surface area contributed by atoms with Gasteiger partial charge in [-0.1, -0.05) is 13.8 Å². The molecule has 0 aliphatic rings. The Bertz CT molecular complexity index is 424. The fraction of sp³-hybridized carbons (Fsp3) is 0.538. The number of carboxylic acid groups (broad SMARTS) is 1. The van der Waals surface area contributed by atoms with Crippen LogP contribution in [-0.2, 0) is 4.74 Å². The summed E-state index contributed by atoms with van der Waals surface area (Å²) < 4.78 is 10.2. The molecule has 1 heterocycles. The minimum atomic E-state index is -1.12. The molecule has 0 aliphatic heterocycles. The molecule has 19 heavy (non-hydrogen) atoms. The molecule has 0 spiro atoms. The van der Waals surface area contributed by atoms with Crippen molar-refractivity contribution in [2.45, 2.75) is 20.3 Å². The van der Waals surface area contributed by atoms with E-state index in [1.807, 2.05) is 0 Å². The van der Waals surface area contributed by atoms with Crippen LogP contribution >= 0.6 is 0 Å². The lowest BCUT2D eigenvalue weighted by Crippen LogP contribution is -2.25. The van der Waals surface area contributed by atoms with E-state index in [-0.39, 0.29) is 11.3 Å². The lowest BCUT2D eigenvalue weighted by Gasteiger charge is -2.06. The van der Waals surface area contributed by atoms with Crippen molar-refractivity contribution in [2.75, 3.05) is 19.8 Å². The molecule has 0 saturated carbocycles. The number of carbonyl (C=O) groups excluding carboxylic acids is 1. The van der Waals surface area contributed by atoms with Crippen LogP contribution in [0, 0.1) is 5.92 Å². The van der Waals surface area contributed by atoms with E-state index in [2.05, 4.69) is 19.2 Å². The van der Waals surface area contributed by atoms with Crippen LogP contribution in [0.4, 0.5) is 0 Å². The number of amides is 1. The molecule has 1 rings (SSSR count). The van der Waals surface area contributed by atoms with Gasteiger partial charge in [0.15, 0.2) is 5.76 Å². The minimum Gasteiger partial charge on any atom is -0.478 e. The zero-order valence-electron chi connectivity index (χ0n) is 11.1. The van der Waals surface area contributed by atoms with Gasteiger partial charge in [-0.3, -0.25) is 4.79 Å². The minimum absolute atomic E-state index is 0.000462. The van der Waals surface area contributed by atoms with Crippen molar-refractivity contribution in [3.05, 3.63) is 23.7 Å². The molecule has 0 aliphatic carbocycles. The summed E-state index contributed by atoms with van der Waals surface area (Å²) >= 11 is 0. The average molecular weight is 269 g/mol. The highest BCUT2D eigenvalue weighted by Crippen LogP contribution is 2.07. The van der Waals surface area contributed by atoms with E-state index in [9.17, 15) is 9.59 Å². The number of furan rings is 1. The molecule has 0 bridgehead atoms. The van der Waals surface area contributed by atoms with Crippen molar-refractivity contribution >= 4 is 11.9 Å². The van der Waals surface area contributed by atoms with Gasteiger partial charge in [0.25, 0.3) is 5.91 Å². The Morgan fingerprint density at radius 3 is 2.79 bits per heavy atom. The van der Waals surface area contributed by atoms with Crippen LogP contribution in [-0.4, -0.2) is 36.7 Å². The van der Waals surface area contributed by atoms with Gasteiger partial charge in [-0.2, -0.15) is 0 Å². The van der Waals surface area contributed by atoms with E-state index in [0.717, 1.165) is 6.26 Å². The van der Waals surface area contributed by atoms with Gasteiger partial charge < -0.3 is 19.6 Å². The molecule has 0 atom stereocenters. The first-order valence-corrected chi connectivity index (χ1v) is 6.18. The summed E-state index contributed by atoms with van der Waals surface area (Å²) in [5.41, 5.74) is -0.0367. The molecule has 6 heteroatoms. The van der Waals surface area contributed by atoms with Gasteiger partial charge in [-0.05, 0) is 12.3 Å². The maximum atomic E-state index is 11.6. The molecule has 0 saturated heterocycles. The third-order valence-corrected chi connectivity index (χ3v) is 2.27. The van der Waals surface area contributed by atoms with E-state index in [0.29, 0.717) is 32.1 Å². The highest BCUT2D eigenvalue weighted by atomic mass is 16.5. The predicted octanol–water partition coefficient (Wildman–Crippen LogP) is 1.77. The van der Waals surface area contributed by atoms with E-state index in [1.165, 1.54) is 6.07 Å². The molecule has 0 radical (unpaired) electrons. The smallest absolute Gasteiger partial charge is 0.338 e. The quantitative estimate of drug-likeness (QED) is 0.702. The Labute approximate surface area is 111 Å². The highest BCUT2D eigenvalue weighted by Gasteiger charge is 2.13. The molecule has 106 valence electrons. The molecule has 1 aromatic heterocycles. The Kier molecular flexibility index (Phi) is 6.08. The summed E-state index contributed by atoms with van der Waals surface area (Å²) in [4.78, 5) is 22.2. The van der Waals surface area contributed by atoms with Gasteiger partial charge in [0.2, 0.25) is 0 Å². The molecule has 0 aromatic carbocycles. The van der Waals surface area contributed by atoms with Crippen LogP contribution in [0.5, 0.6) is 0 Å². The normalized spacial score (nSPS) is 10.7. The second-order valence-corrected chi connectivity index (χ2v) is 4.58. The van der Waals surface area contributed by atoms with Gasteiger partial charge in [0.05, 0.1) is 5.56 Å². The molecule has 0 fully saturated rings. The van der Waals surface area contributed by atoms with Gasteiger partial charge in [0.1, 0.15) is 6.26 Å². The Balaban J connectivity index is 2.22. The van der Waals surface area contributed by atoms with Gasteiger partial charge in [-0.25, -0.2) is 4.79 Å². The number of hydrogen-bond donors (Lipinski definition) is 2. The fourth-order valence-electron chi connectivity index (χ4n) is 1.35. The van der Waals surface area contributed by atoms with Crippen molar-refractivity contribution in [3.8, 4) is 0 Å². The molecule has 2 N–H and O–H groups in total. The monoisotopic (exact) mass is 269 g/mol. The first-order valence-electron chi connectivity index (χ1n) is 6.18. The van der Waals surface area contributed by atoms with E-state index >= 15 is 0 Å². The lowest BCUT2D eigenvalue weighted by atomic mass is 10.2. The fourth-order valence-corrected chi connectivity index (χ4v) is 1.35. The van der Waals surface area contributed by atoms with Gasteiger partial charge >= 0.3 is 5.97 Å². The van der Waals surface area contributed by atoms with Crippen molar-refractivity contribution in [2.24, 2.45) is 5.92 Å². The summed E-state index contributed by atoms with van der Waals surface area (Å²) in [7, 11) is 0. The second-order valence-electron chi connectivity index (χ2n) is 4.58. The molecule has 1 aromatic rings. The average Bonchev–Trinajstić information content (AvgIpc) is 2.82. The standard InChI is InChI=1S/C13H19NO5/c1-9(2)7-18-5-3-4-14-12(15)11-6-10(8-19-11)13(16)17/h6,8-9H,3-5,7H2,1-2H3,(H,14,15)(H,16,17). The zero-order chi connectivity index (χ0) is 14.3. The Morgan fingerprint density at radius 1 is 1.47 bits per heavy atom. The first-order chi connectivity index (χ1) is 9.00. The number of nitrogens with one attached hydrogen (secondary N) is 1. The van der Waals surface area contributed by atoms with Crippen molar-refractivity contribution < 1.29 is 23.8 Å². The molecular weight excluding hydrogens is 250 g/mol. The van der Waals surface area contributed by atoms with Crippen LogP contribution in [0.3, 0.4) is 0 Å². The number of aromatic carboxylic acids is 1. The Morgan fingerprint density at radius 2 is 2.21 bits per heavy atom. The molecule has 6 nitrogen and oxygen atoms in total. The third-order valence-electron chi connectivity index (χ3n) is 2.27. The van der Waals surface area contributed by atoms with Crippen molar-refractivity contribution in [1.29, 1.82) is 0 Å². The van der Waals surface area contributed by atoms with Crippen LogP contribution in [0.25, 0.3) is 0 Å². The maximum absolute atomic E-state index is 11.6. The number of hydrogen-bond acceptors (Lipinski definition) is 4. The second kappa shape index (κ2) is 7.58. The van der Waals surface area contributed by atoms with Crippen LogP contribution in [0.2, 0.25) is 0 Å². The SMILES string of the molecule is CC(C)COCCCNC(=O)c1cc(C(=O)O)co1. The topological polar surface area (TPSA) is 88.8 Å². The summed E-state index contributed by atoms with van der Waals surface area (Å²) in [6.07, 6.45) is 1.74. The van der Waals surface area contributed by atoms with E-state index in [4.69, 9.17) is 14.3 Å². The summed E-state index contributed by atoms with van der Waals surface area (Å²) in [6.45, 7) is 5.88. The molecule has 0 unspecified atom stereocenters. The van der Waals surface area contributed by atoms with Crippen molar-refractivity contribution in [1.82, 2.24) is 5.32 Å². The van der Waals surface area contributed by atoms with Gasteiger partial charge in [0, 0.05) is 25.8 Å². The van der Waals surface area contributed by atoms with Crippen molar-refractivity contribution in [3.63, 3.8) is 0 Å². The summed E-state index contributed by atoms with van der Waals surface area (Å²) in [5, 5.41) is 11.3. The van der Waals surface area contributed by atoms with Crippen LogP contribution in [0.15, 0.2) is 16.7 Å². The van der Waals surface area contributed by atoms with E-state index in [1.54, 1.807) is 0 Å². The number of carboxylic acids is 1. The summed E-state index contributed by atoms with van der Waals surface area (Å²) in [6, 6.07) is 1.20. The van der Waals surface area contributed by atoms with Crippen LogP contribution in [0.1, 0.15) is 41.2 Å². The number of rotatable bonds is 8. The number of ether oxygens (including phenoxy) is 1. The zero-order valence-corrected chi connectivity index (χ0v) is 11.1. The molecular formula is C13H19NO5. The number of carbonyl (C=O) groups is 2.